The molecular formula is C12H16N4O2. The van der Waals surface area contributed by atoms with Crippen LogP contribution < -0.4 is 0 Å². The Morgan fingerprint density at radius 3 is 2.94 bits per heavy atom. The van der Waals surface area contributed by atoms with E-state index in [0.717, 1.165) is 13.0 Å². The zero-order chi connectivity index (χ0) is 13.0. The van der Waals surface area contributed by atoms with Crippen molar-refractivity contribution >= 4 is 5.97 Å². The molecule has 6 heteroatoms. The molecule has 96 valence electrons. The summed E-state index contributed by atoms with van der Waals surface area (Å²) in [6.07, 6.45) is 7.34. The Kier molecular flexibility index (Phi) is 3.76. The second-order valence-electron chi connectivity index (χ2n) is 4.18. The highest BCUT2D eigenvalue weighted by Crippen LogP contribution is 2.06. The lowest BCUT2D eigenvalue weighted by atomic mass is 10.3. The number of nitrogens with zero attached hydrogens (tertiary/aromatic N) is 4. The van der Waals surface area contributed by atoms with E-state index in [1.54, 1.807) is 24.1 Å². The van der Waals surface area contributed by atoms with Gasteiger partial charge in [-0.05, 0) is 13.0 Å². The van der Waals surface area contributed by atoms with Crippen molar-refractivity contribution in [1.82, 2.24) is 19.6 Å². The number of aryl methyl sites for hydroxylation is 2. The average Bonchev–Trinajstić information content (AvgIpc) is 2.97. The number of aromatic nitrogens is 4. The fraction of sp³-hybridized carbons (Fsp3) is 0.417. The van der Waals surface area contributed by atoms with Gasteiger partial charge in [-0.3, -0.25) is 9.36 Å². The van der Waals surface area contributed by atoms with Gasteiger partial charge in [-0.1, -0.05) is 0 Å². The summed E-state index contributed by atoms with van der Waals surface area (Å²) in [6.45, 7) is 2.60. The van der Waals surface area contributed by atoms with Gasteiger partial charge in [-0.15, -0.1) is 0 Å². The lowest BCUT2D eigenvalue weighted by Crippen LogP contribution is -2.17. The SMILES string of the molecule is CC(CCn1cccn1)OC(=O)c1cnn(C)c1. The molecule has 0 bridgehead atoms. The van der Waals surface area contributed by atoms with Gasteiger partial charge in [0, 0.05) is 38.6 Å². The third kappa shape index (κ3) is 3.19. The molecule has 0 aliphatic carbocycles. The van der Waals surface area contributed by atoms with E-state index in [9.17, 15) is 4.79 Å². The van der Waals surface area contributed by atoms with Gasteiger partial charge >= 0.3 is 5.97 Å². The van der Waals surface area contributed by atoms with Gasteiger partial charge in [0.25, 0.3) is 0 Å². The van der Waals surface area contributed by atoms with E-state index >= 15 is 0 Å². The van der Waals surface area contributed by atoms with Gasteiger partial charge in [0.1, 0.15) is 6.10 Å². The predicted octanol–water partition coefficient (Wildman–Crippen LogP) is 1.25. The predicted molar refractivity (Wildman–Crippen MR) is 64.9 cm³/mol. The molecule has 2 heterocycles. The average molecular weight is 248 g/mol. The van der Waals surface area contributed by atoms with Crippen molar-refractivity contribution in [2.75, 3.05) is 0 Å². The van der Waals surface area contributed by atoms with Crippen LogP contribution in [-0.2, 0) is 18.3 Å². The van der Waals surface area contributed by atoms with E-state index in [-0.39, 0.29) is 12.1 Å². The molecule has 2 aromatic rings. The molecule has 0 aliphatic rings. The third-order valence-electron chi connectivity index (χ3n) is 2.57. The number of ether oxygens (including phenoxy) is 1. The molecule has 2 aromatic heterocycles. The van der Waals surface area contributed by atoms with Crippen molar-refractivity contribution in [3.63, 3.8) is 0 Å². The van der Waals surface area contributed by atoms with Crippen molar-refractivity contribution in [2.45, 2.75) is 26.0 Å². The van der Waals surface area contributed by atoms with Crippen LogP contribution in [0.25, 0.3) is 0 Å². The summed E-state index contributed by atoms with van der Waals surface area (Å²) in [7, 11) is 1.76. The van der Waals surface area contributed by atoms with Crippen LogP contribution >= 0.6 is 0 Å². The molecule has 6 nitrogen and oxygen atoms in total. The summed E-state index contributed by atoms with van der Waals surface area (Å²) in [5.74, 6) is -0.337. The molecule has 1 unspecified atom stereocenters. The Labute approximate surface area is 105 Å². The zero-order valence-electron chi connectivity index (χ0n) is 10.5. The summed E-state index contributed by atoms with van der Waals surface area (Å²) in [4.78, 5) is 11.7. The van der Waals surface area contributed by atoms with Crippen LogP contribution in [-0.4, -0.2) is 31.6 Å². The van der Waals surface area contributed by atoms with Crippen molar-refractivity contribution < 1.29 is 9.53 Å². The standard InChI is InChI=1S/C12H16N4O2/c1-10(4-7-16-6-3-5-13-16)18-12(17)11-8-14-15(2)9-11/h3,5-6,8-10H,4,7H2,1-2H3. The molecule has 0 saturated carbocycles. The fourth-order valence-corrected chi connectivity index (χ4v) is 1.58. The third-order valence-corrected chi connectivity index (χ3v) is 2.57. The molecule has 0 radical (unpaired) electrons. The lowest BCUT2D eigenvalue weighted by Gasteiger charge is -2.12. The minimum Gasteiger partial charge on any atom is -0.459 e. The Hall–Kier alpha value is -2.11. The second-order valence-corrected chi connectivity index (χ2v) is 4.18. The normalized spacial score (nSPS) is 12.3. The number of hydrogen-bond acceptors (Lipinski definition) is 4. The minimum atomic E-state index is -0.337. The first kappa shape index (κ1) is 12.3. The summed E-state index contributed by atoms with van der Waals surface area (Å²) >= 11 is 0. The van der Waals surface area contributed by atoms with Crippen molar-refractivity contribution in [2.24, 2.45) is 7.05 Å². The number of esters is 1. The summed E-state index contributed by atoms with van der Waals surface area (Å²) in [5, 5.41) is 8.03. The van der Waals surface area contributed by atoms with Crippen molar-refractivity contribution in [3.8, 4) is 0 Å². The topological polar surface area (TPSA) is 61.9 Å². The van der Waals surface area contributed by atoms with Crippen LogP contribution in [0.1, 0.15) is 23.7 Å². The van der Waals surface area contributed by atoms with E-state index in [1.165, 1.54) is 6.20 Å². The first-order valence-corrected chi connectivity index (χ1v) is 5.82. The molecule has 18 heavy (non-hydrogen) atoms. The Balaban J connectivity index is 1.80. The zero-order valence-corrected chi connectivity index (χ0v) is 10.5. The van der Waals surface area contributed by atoms with Crippen molar-refractivity contribution in [1.29, 1.82) is 0 Å². The number of carbonyl (C=O) groups excluding carboxylic acids is 1. The summed E-state index contributed by atoms with van der Waals surface area (Å²) in [6, 6.07) is 1.87. The molecule has 0 saturated heterocycles. The van der Waals surface area contributed by atoms with Crippen LogP contribution in [0.5, 0.6) is 0 Å². The molecule has 0 aliphatic heterocycles. The monoisotopic (exact) mass is 248 g/mol. The Morgan fingerprint density at radius 2 is 2.33 bits per heavy atom. The van der Waals surface area contributed by atoms with Gasteiger partial charge < -0.3 is 4.74 Å². The van der Waals surface area contributed by atoms with Gasteiger partial charge in [0.05, 0.1) is 11.8 Å². The maximum Gasteiger partial charge on any atom is 0.341 e. The van der Waals surface area contributed by atoms with Crippen LogP contribution in [0, 0.1) is 0 Å². The number of carbonyl (C=O) groups is 1. The first-order chi connectivity index (χ1) is 8.65. The molecule has 0 fully saturated rings. The van der Waals surface area contributed by atoms with Crippen LogP contribution in [0.2, 0.25) is 0 Å². The lowest BCUT2D eigenvalue weighted by molar-refractivity contribution is 0.0314. The molecular weight excluding hydrogens is 232 g/mol. The van der Waals surface area contributed by atoms with Gasteiger partial charge in [0.2, 0.25) is 0 Å². The largest absolute Gasteiger partial charge is 0.459 e. The molecule has 0 spiro atoms. The molecule has 0 aromatic carbocycles. The molecule has 0 amide bonds. The van der Waals surface area contributed by atoms with E-state index < -0.39 is 0 Å². The van der Waals surface area contributed by atoms with Gasteiger partial charge in [-0.2, -0.15) is 10.2 Å². The van der Waals surface area contributed by atoms with Gasteiger partial charge in [0.15, 0.2) is 0 Å². The first-order valence-electron chi connectivity index (χ1n) is 5.82. The van der Waals surface area contributed by atoms with Crippen LogP contribution in [0.3, 0.4) is 0 Å². The highest BCUT2D eigenvalue weighted by Gasteiger charge is 2.13. The van der Waals surface area contributed by atoms with E-state index in [1.807, 2.05) is 23.9 Å². The highest BCUT2D eigenvalue weighted by atomic mass is 16.5. The summed E-state index contributed by atoms with van der Waals surface area (Å²) < 4.78 is 8.70. The Morgan fingerprint density at radius 1 is 1.50 bits per heavy atom. The van der Waals surface area contributed by atoms with E-state index in [0.29, 0.717) is 5.56 Å². The molecule has 0 N–H and O–H groups in total. The van der Waals surface area contributed by atoms with E-state index in [4.69, 9.17) is 4.74 Å². The summed E-state index contributed by atoms with van der Waals surface area (Å²) in [5.41, 5.74) is 0.475. The minimum absolute atomic E-state index is 0.151. The fourth-order valence-electron chi connectivity index (χ4n) is 1.58. The maximum atomic E-state index is 11.7. The smallest absolute Gasteiger partial charge is 0.341 e. The molecule has 1 atom stereocenters. The molecule has 2 rings (SSSR count). The second kappa shape index (κ2) is 5.48. The van der Waals surface area contributed by atoms with Crippen LogP contribution in [0.4, 0.5) is 0 Å². The number of rotatable bonds is 5. The van der Waals surface area contributed by atoms with Crippen molar-refractivity contribution in [3.05, 3.63) is 36.4 Å². The van der Waals surface area contributed by atoms with E-state index in [2.05, 4.69) is 10.2 Å². The number of hydrogen-bond donors (Lipinski definition) is 0. The Bertz CT molecular complexity index is 504. The highest BCUT2D eigenvalue weighted by molar-refractivity contribution is 5.88. The quantitative estimate of drug-likeness (QED) is 0.747. The van der Waals surface area contributed by atoms with Gasteiger partial charge in [-0.25, -0.2) is 4.79 Å². The maximum absolute atomic E-state index is 11.7. The van der Waals surface area contributed by atoms with Crippen LogP contribution in [0.15, 0.2) is 30.9 Å².